The maximum absolute atomic E-state index is 13.1. The zero-order valence-electron chi connectivity index (χ0n) is 22.3. The molecule has 1 aliphatic rings. The summed E-state index contributed by atoms with van der Waals surface area (Å²) in [5, 5.41) is 8.87. The first-order valence-corrected chi connectivity index (χ1v) is 14.8. The molecule has 1 saturated carbocycles. The predicted molar refractivity (Wildman–Crippen MR) is 149 cm³/mol. The van der Waals surface area contributed by atoms with Crippen molar-refractivity contribution in [3.8, 4) is 11.1 Å². The smallest absolute Gasteiger partial charge is 0.416 e. The van der Waals surface area contributed by atoms with Gasteiger partial charge in [-0.05, 0) is 66.6 Å². The molecule has 4 rings (SSSR count). The van der Waals surface area contributed by atoms with Crippen molar-refractivity contribution in [1.29, 1.82) is 0 Å². The van der Waals surface area contributed by atoms with Gasteiger partial charge >= 0.3 is 12.1 Å². The second-order valence-electron chi connectivity index (χ2n) is 10.0. The van der Waals surface area contributed by atoms with Crippen molar-refractivity contribution >= 4 is 16.0 Å². The van der Waals surface area contributed by atoms with Gasteiger partial charge in [0, 0.05) is 18.4 Å². The number of aliphatic carboxylic acids is 1. The van der Waals surface area contributed by atoms with Gasteiger partial charge in [-0.3, -0.25) is 4.79 Å². The molecule has 10 heteroatoms. The van der Waals surface area contributed by atoms with E-state index < -0.39 is 33.8 Å². The van der Waals surface area contributed by atoms with E-state index in [0.717, 1.165) is 41.0 Å². The van der Waals surface area contributed by atoms with Crippen LogP contribution in [0.5, 0.6) is 0 Å². The second-order valence-corrected chi connectivity index (χ2v) is 11.8. The molecule has 41 heavy (non-hydrogen) atoms. The van der Waals surface area contributed by atoms with E-state index in [0.29, 0.717) is 32.3 Å². The first-order chi connectivity index (χ1) is 19.5. The minimum Gasteiger partial charge on any atom is -0.481 e. The van der Waals surface area contributed by atoms with Gasteiger partial charge < -0.3 is 9.84 Å². The van der Waals surface area contributed by atoms with Crippen LogP contribution in [0.1, 0.15) is 43.2 Å². The van der Waals surface area contributed by atoms with E-state index in [-0.39, 0.29) is 23.3 Å². The first-order valence-electron chi connectivity index (χ1n) is 13.4. The molecule has 0 amide bonds. The van der Waals surface area contributed by atoms with E-state index in [2.05, 4.69) is 4.72 Å². The van der Waals surface area contributed by atoms with Crippen LogP contribution in [0.2, 0.25) is 0 Å². The van der Waals surface area contributed by atoms with Crippen molar-refractivity contribution in [2.75, 3.05) is 0 Å². The quantitative estimate of drug-likeness (QED) is 0.227. The Morgan fingerprint density at radius 3 is 2.22 bits per heavy atom. The lowest BCUT2D eigenvalue weighted by molar-refractivity contribution is -0.138. The summed E-state index contributed by atoms with van der Waals surface area (Å²) in [5.74, 6) is -1.15. The number of carbonyl (C=O) groups is 1. The lowest BCUT2D eigenvalue weighted by Crippen LogP contribution is -2.39. The fourth-order valence-corrected chi connectivity index (χ4v) is 6.32. The molecule has 6 nitrogen and oxygen atoms in total. The zero-order chi connectivity index (χ0) is 29.5. The van der Waals surface area contributed by atoms with Gasteiger partial charge in [0.25, 0.3) is 0 Å². The average molecular weight is 588 g/mol. The minimum absolute atomic E-state index is 0.00987. The van der Waals surface area contributed by atoms with Gasteiger partial charge in [-0.25, -0.2) is 13.1 Å². The van der Waals surface area contributed by atoms with Crippen LogP contribution >= 0.6 is 0 Å². The maximum Gasteiger partial charge on any atom is 0.416 e. The van der Waals surface area contributed by atoms with Gasteiger partial charge in [-0.1, -0.05) is 66.7 Å². The molecule has 3 aromatic rings. The second kappa shape index (κ2) is 13.5. The zero-order valence-corrected chi connectivity index (χ0v) is 23.1. The maximum atomic E-state index is 13.1. The number of nitrogens with one attached hydrogen (secondary N) is 1. The van der Waals surface area contributed by atoms with E-state index >= 15 is 0 Å². The Morgan fingerprint density at radius 1 is 0.927 bits per heavy atom. The number of ether oxygens (including phenoxy) is 1. The number of hydrogen-bond acceptors (Lipinski definition) is 4. The number of allylic oxidation sites excluding steroid dienone is 2. The molecule has 1 aliphatic carbocycles. The Hall–Kier alpha value is -3.47. The molecule has 0 unspecified atom stereocenters. The monoisotopic (exact) mass is 587 g/mol. The van der Waals surface area contributed by atoms with Crippen LogP contribution < -0.4 is 4.72 Å². The Bertz CT molecular complexity index is 1420. The van der Waals surface area contributed by atoms with E-state index in [1.54, 1.807) is 6.08 Å². The standard InChI is InChI=1S/C31H32F3NO5S/c32-31(33,34)25-15-17-26(18-16-25)41(38,39)35-28-19-20-29(27(28)9-5-2-6-10-30(36)37)40-21-22-11-13-24(14-12-22)23-7-3-1-4-8-23/h1-5,7-8,11-18,27-29,35H,6,9-10,19-21H2,(H,36,37)/b5-2-/t27-,28+,29+/m1/s1. The fourth-order valence-electron chi connectivity index (χ4n) is 5.00. The van der Waals surface area contributed by atoms with E-state index in [4.69, 9.17) is 9.84 Å². The summed E-state index contributed by atoms with van der Waals surface area (Å²) in [6, 6.07) is 20.9. The van der Waals surface area contributed by atoms with Crippen LogP contribution in [0, 0.1) is 5.92 Å². The highest BCUT2D eigenvalue weighted by atomic mass is 32.2. The number of sulfonamides is 1. The highest BCUT2D eigenvalue weighted by Crippen LogP contribution is 2.34. The van der Waals surface area contributed by atoms with Crippen LogP contribution in [0.4, 0.5) is 13.2 Å². The number of benzene rings is 3. The third kappa shape index (κ3) is 8.51. The topological polar surface area (TPSA) is 92.7 Å². The van der Waals surface area contributed by atoms with Crippen molar-refractivity contribution in [1.82, 2.24) is 4.72 Å². The van der Waals surface area contributed by atoms with Crippen LogP contribution in [-0.2, 0) is 32.3 Å². The molecular formula is C31H32F3NO5S. The number of carboxylic acids is 1. The SMILES string of the molecule is O=C(O)CC/C=C\C[C@@H]1[C@@H](NS(=O)(=O)c2ccc(C(F)(F)F)cc2)CC[C@@H]1OCc1ccc(-c2ccccc2)cc1. The molecule has 0 aliphatic heterocycles. The molecule has 0 saturated heterocycles. The molecule has 1 fully saturated rings. The van der Waals surface area contributed by atoms with Crippen LogP contribution in [-0.4, -0.2) is 31.6 Å². The van der Waals surface area contributed by atoms with Crippen molar-refractivity contribution in [2.45, 2.75) is 61.9 Å². The van der Waals surface area contributed by atoms with Gasteiger partial charge in [0.1, 0.15) is 0 Å². The highest BCUT2D eigenvalue weighted by molar-refractivity contribution is 7.89. The van der Waals surface area contributed by atoms with Crippen molar-refractivity contribution in [2.24, 2.45) is 5.92 Å². The van der Waals surface area contributed by atoms with Gasteiger partial charge in [0.05, 0.1) is 23.2 Å². The fraction of sp³-hybridized carbons (Fsp3) is 0.323. The van der Waals surface area contributed by atoms with E-state index in [1.165, 1.54) is 0 Å². The summed E-state index contributed by atoms with van der Waals surface area (Å²) in [6.07, 6.45) is 0.641. The number of hydrogen-bond donors (Lipinski definition) is 2. The highest BCUT2D eigenvalue weighted by Gasteiger charge is 2.39. The number of alkyl halides is 3. The predicted octanol–water partition coefficient (Wildman–Crippen LogP) is 6.83. The van der Waals surface area contributed by atoms with Gasteiger partial charge in [-0.2, -0.15) is 13.2 Å². The Labute approximate surface area is 237 Å². The summed E-state index contributed by atoms with van der Waals surface area (Å²) < 4.78 is 73.9. The number of rotatable bonds is 12. The molecule has 3 aromatic carbocycles. The summed E-state index contributed by atoms with van der Waals surface area (Å²) in [6.45, 7) is 0.331. The Kier molecular flexibility index (Phi) is 10.0. The van der Waals surface area contributed by atoms with Crippen molar-refractivity contribution < 1.29 is 36.2 Å². The molecule has 0 spiro atoms. The van der Waals surface area contributed by atoms with Crippen LogP contribution in [0.3, 0.4) is 0 Å². The molecule has 2 N–H and O–H groups in total. The summed E-state index contributed by atoms with van der Waals surface area (Å²) >= 11 is 0. The van der Waals surface area contributed by atoms with Gasteiger partial charge in [-0.15, -0.1) is 0 Å². The Morgan fingerprint density at radius 2 is 1.59 bits per heavy atom. The minimum atomic E-state index is -4.56. The first kappa shape index (κ1) is 30.5. The van der Waals surface area contributed by atoms with Crippen LogP contribution in [0.25, 0.3) is 11.1 Å². The molecular weight excluding hydrogens is 555 g/mol. The molecule has 0 bridgehead atoms. The lowest BCUT2D eigenvalue weighted by Gasteiger charge is -2.25. The van der Waals surface area contributed by atoms with Gasteiger partial charge in [0.2, 0.25) is 10.0 Å². The molecule has 218 valence electrons. The van der Waals surface area contributed by atoms with Gasteiger partial charge in [0.15, 0.2) is 0 Å². The van der Waals surface area contributed by atoms with E-state index in [1.807, 2.05) is 60.7 Å². The van der Waals surface area contributed by atoms with E-state index in [9.17, 15) is 26.4 Å². The van der Waals surface area contributed by atoms with Crippen molar-refractivity contribution in [3.05, 3.63) is 102 Å². The number of halogens is 3. The lowest BCUT2D eigenvalue weighted by atomic mass is 9.97. The molecule has 0 heterocycles. The molecule has 0 aromatic heterocycles. The normalized spacial score (nSPS) is 19.5. The third-order valence-electron chi connectivity index (χ3n) is 7.18. The summed E-state index contributed by atoms with van der Waals surface area (Å²) in [4.78, 5) is 10.6. The van der Waals surface area contributed by atoms with Crippen LogP contribution in [0.15, 0.2) is 95.9 Å². The summed E-state index contributed by atoms with van der Waals surface area (Å²) in [5.41, 5.74) is 2.23. The number of carboxylic acid groups (broad SMARTS) is 1. The largest absolute Gasteiger partial charge is 0.481 e. The Balaban J connectivity index is 1.44. The van der Waals surface area contributed by atoms with Crippen molar-refractivity contribution in [3.63, 3.8) is 0 Å². The molecule has 0 radical (unpaired) electrons. The summed E-state index contributed by atoms with van der Waals surface area (Å²) in [7, 11) is -4.08. The molecule has 3 atom stereocenters. The third-order valence-corrected chi connectivity index (χ3v) is 8.69. The average Bonchev–Trinajstić information content (AvgIpc) is 3.32.